The fourth-order valence-corrected chi connectivity index (χ4v) is 1.99. The molecule has 0 fully saturated rings. The topological polar surface area (TPSA) is 72.5 Å². The minimum Gasteiger partial charge on any atom is -0.481 e. The second kappa shape index (κ2) is 7.45. The van der Waals surface area contributed by atoms with Crippen LogP contribution in [0.4, 0.5) is 5.69 Å². The van der Waals surface area contributed by atoms with E-state index >= 15 is 0 Å². The first-order valence-corrected chi connectivity index (χ1v) is 7.25. The van der Waals surface area contributed by atoms with Crippen molar-refractivity contribution in [2.45, 2.75) is 26.3 Å². The minimum atomic E-state index is 0.366. The normalized spacial score (nSPS) is 11.5. The van der Waals surface area contributed by atoms with Gasteiger partial charge in [-0.25, -0.2) is 9.98 Å². The van der Waals surface area contributed by atoms with Gasteiger partial charge in [-0.2, -0.15) is 0 Å². The van der Waals surface area contributed by atoms with Crippen LogP contribution in [0.25, 0.3) is 0 Å². The zero-order valence-electron chi connectivity index (χ0n) is 13.2. The predicted octanol–water partition coefficient (Wildman–Crippen LogP) is 3.14. The van der Waals surface area contributed by atoms with Crippen molar-refractivity contribution in [2.24, 2.45) is 10.7 Å². The lowest BCUT2D eigenvalue weighted by Gasteiger charge is -2.10. The van der Waals surface area contributed by atoms with E-state index in [0.29, 0.717) is 24.3 Å². The number of rotatable bonds is 5. The SMILES string of the molecule is COc1cccc(CN=C(N)Nc2cccc(C(C)C)c2)n1. The molecule has 116 valence electrons. The summed E-state index contributed by atoms with van der Waals surface area (Å²) < 4.78 is 5.09. The average molecular weight is 298 g/mol. The molecule has 0 aliphatic carbocycles. The van der Waals surface area contributed by atoms with Crippen LogP contribution in [0, 0.1) is 0 Å². The fraction of sp³-hybridized carbons (Fsp3) is 0.294. The molecule has 0 spiro atoms. The number of guanidine groups is 1. The van der Waals surface area contributed by atoms with Crippen molar-refractivity contribution >= 4 is 11.6 Å². The number of aliphatic imine (C=N–C) groups is 1. The highest BCUT2D eigenvalue weighted by Crippen LogP contribution is 2.18. The number of nitrogens with one attached hydrogen (secondary N) is 1. The molecule has 0 atom stereocenters. The van der Waals surface area contributed by atoms with Gasteiger partial charge in [0.05, 0.1) is 19.3 Å². The van der Waals surface area contributed by atoms with Crippen LogP contribution in [0.3, 0.4) is 0 Å². The van der Waals surface area contributed by atoms with Crippen molar-refractivity contribution in [1.82, 2.24) is 4.98 Å². The summed E-state index contributed by atoms with van der Waals surface area (Å²) in [5.41, 5.74) is 8.93. The van der Waals surface area contributed by atoms with Crippen LogP contribution in [0.5, 0.6) is 5.88 Å². The third-order valence-electron chi connectivity index (χ3n) is 3.23. The van der Waals surface area contributed by atoms with Crippen molar-refractivity contribution < 1.29 is 4.74 Å². The summed E-state index contributed by atoms with van der Waals surface area (Å²) in [6.07, 6.45) is 0. The molecule has 0 radical (unpaired) electrons. The van der Waals surface area contributed by atoms with Crippen molar-refractivity contribution in [3.8, 4) is 5.88 Å². The second-order valence-electron chi connectivity index (χ2n) is 5.28. The summed E-state index contributed by atoms with van der Waals surface area (Å²) in [5.74, 6) is 1.41. The van der Waals surface area contributed by atoms with Gasteiger partial charge < -0.3 is 15.8 Å². The number of nitrogens with two attached hydrogens (primary N) is 1. The number of pyridine rings is 1. The van der Waals surface area contributed by atoms with E-state index in [1.54, 1.807) is 13.2 Å². The first-order valence-electron chi connectivity index (χ1n) is 7.25. The Bertz CT molecular complexity index is 653. The van der Waals surface area contributed by atoms with Crippen LogP contribution in [0.1, 0.15) is 31.0 Å². The molecule has 5 nitrogen and oxygen atoms in total. The molecule has 1 aromatic heterocycles. The number of nitrogens with zero attached hydrogens (tertiary/aromatic N) is 2. The van der Waals surface area contributed by atoms with Crippen molar-refractivity contribution in [1.29, 1.82) is 0 Å². The maximum absolute atomic E-state index is 5.93. The molecule has 0 amide bonds. The lowest BCUT2D eigenvalue weighted by molar-refractivity contribution is 0.396. The molecule has 3 N–H and O–H groups in total. The van der Waals surface area contributed by atoms with E-state index in [0.717, 1.165) is 11.4 Å². The fourth-order valence-electron chi connectivity index (χ4n) is 1.99. The van der Waals surface area contributed by atoms with Gasteiger partial charge in [-0.1, -0.05) is 32.0 Å². The summed E-state index contributed by atoms with van der Waals surface area (Å²) >= 11 is 0. The number of methoxy groups -OCH3 is 1. The first-order chi connectivity index (χ1) is 10.6. The third kappa shape index (κ3) is 4.48. The molecule has 2 aromatic rings. The van der Waals surface area contributed by atoms with Gasteiger partial charge in [0.1, 0.15) is 0 Å². The van der Waals surface area contributed by atoms with Crippen molar-refractivity contribution in [2.75, 3.05) is 12.4 Å². The molecule has 0 saturated heterocycles. The summed E-state index contributed by atoms with van der Waals surface area (Å²) in [5, 5.41) is 3.10. The highest BCUT2D eigenvalue weighted by atomic mass is 16.5. The highest BCUT2D eigenvalue weighted by Gasteiger charge is 2.02. The zero-order valence-corrected chi connectivity index (χ0v) is 13.2. The maximum atomic E-state index is 5.93. The smallest absolute Gasteiger partial charge is 0.213 e. The molecule has 1 aromatic carbocycles. The number of hydrogen-bond acceptors (Lipinski definition) is 3. The number of hydrogen-bond donors (Lipinski definition) is 2. The third-order valence-corrected chi connectivity index (χ3v) is 3.23. The molecular formula is C17H22N4O. The van der Waals surface area contributed by atoms with Crippen molar-refractivity contribution in [3.05, 3.63) is 53.7 Å². The van der Waals surface area contributed by atoms with Gasteiger partial charge in [-0.05, 0) is 29.7 Å². The van der Waals surface area contributed by atoms with Gasteiger partial charge in [0.15, 0.2) is 5.96 Å². The Kier molecular flexibility index (Phi) is 5.36. The van der Waals surface area contributed by atoms with E-state index in [-0.39, 0.29) is 0 Å². The Balaban J connectivity index is 2.02. The van der Waals surface area contributed by atoms with E-state index in [1.807, 2.05) is 24.3 Å². The number of ether oxygens (including phenoxy) is 1. The Morgan fingerprint density at radius 2 is 2.05 bits per heavy atom. The largest absolute Gasteiger partial charge is 0.481 e. The molecule has 0 aliphatic rings. The maximum Gasteiger partial charge on any atom is 0.213 e. The number of anilines is 1. The molecule has 0 bridgehead atoms. The van der Waals surface area contributed by atoms with Gasteiger partial charge >= 0.3 is 0 Å². The Hall–Kier alpha value is -2.56. The number of aromatic nitrogens is 1. The Morgan fingerprint density at radius 3 is 2.77 bits per heavy atom. The predicted molar refractivity (Wildman–Crippen MR) is 90.3 cm³/mol. The quantitative estimate of drug-likeness (QED) is 0.657. The summed E-state index contributed by atoms with van der Waals surface area (Å²) in [4.78, 5) is 8.60. The minimum absolute atomic E-state index is 0.366. The van der Waals surface area contributed by atoms with Crippen LogP contribution in [0.2, 0.25) is 0 Å². The van der Waals surface area contributed by atoms with Crippen LogP contribution >= 0.6 is 0 Å². The van der Waals surface area contributed by atoms with Gasteiger partial charge in [-0.15, -0.1) is 0 Å². The molecule has 1 heterocycles. The van der Waals surface area contributed by atoms with Crippen LogP contribution < -0.4 is 15.8 Å². The van der Waals surface area contributed by atoms with Gasteiger partial charge in [0.25, 0.3) is 0 Å². The first kappa shape index (κ1) is 15.8. The average Bonchev–Trinajstić information content (AvgIpc) is 2.53. The molecule has 5 heteroatoms. The summed E-state index contributed by atoms with van der Waals surface area (Å²) in [7, 11) is 1.59. The van der Waals surface area contributed by atoms with Crippen LogP contribution in [0.15, 0.2) is 47.5 Å². The van der Waals surface area contributed by atoms with E-state index < -0.39 is 0 Å². The number of benzene rings is 1. The van der Waals surface area contributed by atoms with Gasteiger partial charge in [-0.3, -0.25) is 0 Å². The zero-order chi connectivity index (χ0) is 15.9. The van der Waals surface area contributed by atoms with E-state index in [9.17, 15) is 0 Å². The van der Waals surface area contributed by atoms with E-state index in [4.69, 9.17) is 10.5 Å². The summed E-state index contributed by atoms with van der Waals surface area (Å²) in [6, 6.07) is 13.7. The Labute approximate surface area is 131 Å². The monoisotopic (exact) mass is 298 g/mol. The standard InChI is InChI=1S/C17H22N4O/c1-12(2)13-6-4-7-14(10-13)21-17(18)19-11-15-8-5-9-16(20-15)22-3/h4-10,12H,11H2,1-3H3,(H3,18,19,21). The lowest BCUT2D eigenvalue weighted by Crippen LogP contribution is -2.22. The molecule has 0 aliphatic heterocycles. The van der Waals surface area contributed by atoms with E-state index in [2.05, 4.69) is 41.3 Å². The van der Waals surface area contributed by atoms with Gasteiger partial charge in [0, 0.05) is 11.8 Å². The molecule has 0 unspecified atom stereocenters. The lowest BCUT2D eigenvalue weighted by atomic mass is 10.0. The van der Waals surface area contributed by atoms with Crippen molar-refractivity contribution in [3.63, 3.8) is 0 Å². The molecular weight excluding hydrogens is 276 g/mol. The van der Waals surface area contributed by atoms with E-state index in [1.165, 1.54) is 5.56 Å². The highest BCUT2D eigenvalue weighted by molar-refractivity contribution is 5.92. The van der Waals surface area contributed by atoms with Crippen LogP contribution in [-0.2, 0) is 6.54 Å². The molecule has 2 rings (SSSR count). The summed E-state index contributed by atoms with van der Waals surface area (Å²) in [6.45, 7) is 4.72. The van der Waals surface area contributed by atoms with Gasteiger partial charge in [0.2, 0.25) is 5.88 Å². The second-order valence-corrected chi connectivity index (χ2v) is 5.28. The molecule has 22 heavy (non-hydrogen) atoms. The van der Waals surface area contributed by atoms with Crippen LogP contribution in [-0.4, -0.2) is 18.1 Å². The Morgan fingerprint density at radius 1 is 1.27 bits per heavy atom. The molecule has 0 saturated carbocycles.